The predicted molar refractivity (Wildman–Crippen MR) is 95.6 cm³/mol. The summed E-state index contributed by atoms with van der Waals surface area (Å²) in [6, 6.07) is 22.6. The van der Waals surface area contributed by atoms with Gasteiger partial charge < -0.3 is 10.6 Å². The predicted octanol–water partition coefficient (Wildman–Crippen LogP) is 3.66. The van der Waals surface area contributed by atoms with Gasteiger partial charge >= 0.3 is 11.8 Å². The highest BCUT2D eigenvalue weighted by atomic mass is 16.2. The average Bonchev–Trinajstić information content (AvgIpc) is 2.62. The van der Waals surface area contributed by atoms with E-state index in [1.54, 1.807) is 6.07 Å². The summed E-state index contributed by atoms with van der Waals surface area (Å²) >= 11 is 0. The number of carbonyl (C=O) groups is 2. The number of benzene rings is 3. The number of amides is 2. The summed E-state index contributed by atoms with van der Waals surface area (Å²) in [6.07, 6.45) is 0. The van der Waals surface area contributed by atoms with Gasteiger partial charge in [-0.1, -0.05) is 66.7 Å². The standard InChI is InChI=1S/C20H18N2O2/c1-14(15-8-3-2-4-9-15)21-19(23)20(24)22-18-13-7-11-16-10-5-6-12-17(16)18/h2-14H,1H3,(H,21,23)(H,22,24)/t14-/m1/s1. The van der Waals surface area contributed by atoms with Crippen LogP contribution in [0.3, 0.4) is 0 Å². The molecule has 4 heteroatoms. The smallest absolute Gasteiger partial charge is 0.313 e. The van der Waals surface area contributed by atoms with Crippen molar-refractivity contribution in [2.75, 3.05) is 5.32 Å². The van der Waals surface area contributed by atoms with E-state index in [1.165, 1.54) is 0 Å². The van der Waals surface area contributed by atoms with Gasteiger partial charge in [0, 0.05) is 11.1 Å². The first-order chi connectivity index (χ1) is 11.6. The number of hydrogen-bond donors (Lipinski definition) is 2. The first kappa shape index (κ1) is 15.7. The maximum Gasteiger partial charge on any atom is 0.313 e. The molecule has 2 N–H and O–H groups in total. The number of carbonyl (C=O) groups excluding carboxylic acids is 2. The molecule has 0 saturated heterocycles. The fourth-order valence-corrected chi connectivity index (χ4v) is 2.60. The number of fused-ring (bicyclic) bond motifs is 1. The van der Waals surface area contributed by atoms with Gasteiger partial charge in [-0.25, -0.2) is 0 Å². The molecule has 0 fully saturated rings. The first-order valence-corrected chi connectivity index (χ1v) is 7.79. The second kappa shape index (κ2) is 6.96. The zero-order valence-corrected chi connectivity index (χ0v) is 13.3. The molecule has 0 aromatic heterocycles. The van der Waals surface area contributed by atoms with Crippen LogP contribution in [0.15, 0.2) is 72.8 Å². The quantitative estimate of drug-likeness (QED) is 0.724. The lowest BCUT2D eigenvalue weighted by Crippen LogP contribution is -2.36. The van der Waals surface area contributed by atoms with Crippen LogP contribution >= 0.6 is 0 Å². The van der Waals surface area contributed by atoms with Gasteiger partial charge in [-0.2, -0.15) is 0 Å². The third-order valence-electron chi connectivity index (χ3n) is 3.89. The van der Waals surface area contributed by atoms with Crippen molar-refractivity contribution >= 4 is 28.3 Å². The van der Waals surface area contributed by atoms with Gasteiger partial charge in [0.1, 0.15) is 0 Å². The van der Waals surface area contributed by atoms with E-state index in [1.807, 2.05) is 73.7 Å². The van der Waals surface area contributed by atoms with Crippen LogP contribution in [0.4, 0.5) is 5.69 Å². The molecule has 3 aromatic rings. The molecule has 0 heterocycles. The van der Waals surface area contributed by atoms with Crippen LogP contribution in [0.25, 0.3) is 10.8 Å². The summed E-state index contributed by atoms with van der Waals surface area (Å²) in [5.74, 6) is -1.33. The van der Waals surface area contributed by atoms with E-state index in [4.69, 9.17) is 0 Å². The normalized spacial score (nSPS) is 11.7. The summed E-state index contributed by atoms with van der Waals surface area (Å²) in [5, 5.41) is 7.31. The Bertz CT molecular complexity index is 870. The molecule has 0 aliphatic rings. The minimum absolute atomic E-state index is 0.239. The van der Waals surface area contributed by atoms with Crippen molar-refractivity contribution in [2.24, 2.45) is 0 Å². The summed E-state index contributed by atoms with van der Waals surface area (Å²) in [5.41, 5.74) is 1.57. The summed E-state index contributed by atoms with van der Waals surface area (Å²) in [7, 11) is 0. The van der Waals surface area contributed by atoms with E-state index in [0.29, 0.717) is 5.69 Å². The lowest BCUT2D eigenvalue weighted by molar-refractivity contribution is -0.136. The van der Waals surface area contributed by atoms with Crippen LogP contribution in [0, 0.1) is 0 Å². The average molecular weight is 318 g/mol. The molecule has 3 rings (SSSR count). The van der Waals surface area contributed by atoms with Crippen molar-refractivity contribution in [3.8, 4) is 0 Å². The molecular weight excluding hydrogens is 300 g/mol. The van der Waals surface area contributed by atoms with Gasteiger partial charge in [-0.05, 0) is 23.9 Å². The molecule has 120 valence electrons. The molecule has 0 saturated carbocycles. The highest BCUT2D eigenvalue weighted by molar-refractivity contribution is 6.40. The van der Waals surface area contributed by atoms with E-state index in [-0.39, 0.29) is 6.04 Å². The van der Waals surface area contributed by atoms with Gasteiger partial charge in [0.15, 0.2) is 0 Å². The lowest BCUT2D eigenvalue weighted by Gasteiger charge is -2.14. The fraction of sp³-hybridized carbons (Fsp3) is 0.100. The van der Waals surface area contributed by atoms with E-state index < -0.39 is 11.8 Å². The highest BCUT2D eigenvalue weighted by Crippen LogP contribution is 2.22. The summed E-state index contributed by atoms with van der Waals surface area (Å²) < 4.78 is 0. The van der Waals surface area contributed by atoms with E-state index >= 15 is 0 Å². The summed E-state index contributed by atoms with van der Waals surface area (Å²) in [6.45, 7) is 1.85. The highest BCUT2D eigenvalue weighted by Gasteiger charge is 2.17. The van der Waals surface area contributed by atoms with Gasteiger partial charge in [-0.3, -0.25) is 9.59 Å². The third kappa shape index (κ3) is 3.43. The second-order valence-electron chi connectivity index (χ2n) is 5.59. The number of rotatable bonds is 3. The van der Waals surface area contributed by atoms with Crippen LogP contribution in [-0.4, -0.2) is 11.8 Å². The van der Waals surface area contributed by atoms with Gasteiger partial charge in [0.05, 0.1) is 6.04 Å². The van der Waals surface area contributed by atoms with Crippen molar-refractivity contribution in [3.63, 3.8) is 0 Å². The zero-order valence-electron chi connectivity index (χ0n) is 13.3. The molecule has 4 nitrogen and oxygen atoms in total. The van der Waals surface area contributed by atoms with Crippen molar-refractivity contribution in [1.82, 2.24) is 5.32 Å². The minimum Gasteiger partial charge on any atom is -0.341 e. The molecule has 3 aromatic carbocycles. The molecule has 0 spiro atoms. The topological polar surface area (TPSA) is 58.2 Å². The largest absolute Gasteiger partial charge is 0.341 e. The Morgan fingerprint density at radius 3 is 2.25 bits per heavy atom. The minimum atomic E-state index is -0.672. The molecule has 0 radical (unpaired) electrons. The Morgan fingerprint density at radius 1 is 0.792 bits per heavy atom. The van der Waals surface area contributed by atoms with Crippen LogP contribution in [0.1, 0.15) is 18.5 Å². The molecule has 2 amide bonds. The Morgan fingerprint density at radius 2 is 1.46 bits per heavy atom. The van der Waals surface area contributed by atoms with Crippen LogP contribution in [0.2, 0.25) is 0 Å². The first-order valence-electron chi connectivity index (χ1n) is 7.79. The van der Waals surface area contributed by atoms with E-state index in [2.05, 4.69) is 10.6 Å². The zero-order chi connectivity index (χ0) is 16.9. The van der Waals surface area contributed by atoms with Crippen molar-refractivity contribution in [2.45, 2.75) is 13.0 Å². The third-order valence-corrected chi connectivity index (χ3v) is 3.89. The van der Waals surface area contributed by atoms with Crippen LogP contribution in [-0.2, 0) is 9.59 Å². The summed E-state index contributed by atoms with van der Waals surface area (Å²) in [4.78, 5) is 24.3. The number of hydrogen-bond acceptors (Lipinski definition) is 2. The van der Waals surface area contributed by atoms with Crippen LogP contribution in [0.5, 0.6) is 0 Å². The number of anilines is 1. The number of nitrogens with one attached hydrogen (secondary N) is 2. The Kier molecular flexibility index (Phi) is 4.57. The van der Waals surface area contributed by atoms with Crippen LogP contribution < -0.4 is 10.6 Å². The Balaban J connectivity index is 1.71. The molecule has 0 aliphatic heterocycles. The molecule has 24 heavy (non-hydrogen) atoms. The van der Waals surface area contributed by atoms with Crippen molar-refractivity contribution in [1.29, 1.82) is 0 Å². The van der Waals surface area contributed by atoms with E-state index in [9.17, 15) is 9.59 Å². The molecule has 1 atom stereocenters. The molecule has 0 unspecified atom stereocenters. The SMILES string of the molecule is C[C@@H](NC(=O)C(=O)Nc1cccc2ccccc12)c1ccccc1. The van der Waals surface area contributed by atoms with Gasteiger partial charge in [0.25, 0.3) is 0 Å². The van der Waals surface area contributed by atoms with Crippen molar-refractivity contribution in [3.05, 3.63) is 78.4 Å². The molecule has 0 bridgehead atoms. The van der Waals surface area contributed by atoms with E-state index in [0.717, 1.165) is 16.3 Å². The van der Waals surface area contributed by atoms with Crippen molar-refractivity contribution < 1.29 is 9.59 Å². The molecular formula is C20H18N2O2. The Hall–Kier alpha value is -3.14. The maximum absolute atomic E-state index is 12.2. The maximum atomic E-state index is 12.2. The Labute approximate surface area is 140 Å². The van der Waals surface area contributed by atoms with Gasteiger partial charge in [0.2, 0.25) is 0 Å². The second-order valence-corrected chi connectivity index (χ2v) is 5.59. The fourth-order valence-electron chi connectivity index (χ4n) is 2.60. The molecule has 0 aliphatic carbocycles. The van der Waals surface area contributed by atoms with Gasteiger partial charge in [-0.15, -0.1) is 0 Å². The monoisotopic (exact) mass is 318 g/mol. The lowest BCUT2D eigenvalue weighted by atomic mass is 10.1.